The lowest BCUT2D eigenvalue weighted by molar-refractivity contribution is 0.240. The molecule has 0 saturated carbocycles. The van der Waals surface area contributed by atoms with Crippen LogP contribution in [0.5, 0.6) is 0 Å². The highest BCUT2D eigenvalue weighted by atomic mass is 19.1. The van der Waals surface area contributed by atoms with Crippen LogP contribution in [0.4, 0.5) is 8.78 Å². The van der Waals surface area contributed by atoms with E-state index >= 15 is 0 Å². The summed E-state index contributed by atoms with van der Waals surface area (Å²) in [7, 11) is 0. The number of halogens is 2. The van der Waals surface area contributed by atoms with Crippen LogP contribution in [0.3, 0.4) is 0 Å². The molecule has 1 unspecified atom stereocenters. The van der Waals surface area contributed by atoms with Gasteiger partial charge in [0.25, 0.3) is 0 Å². The molecule has 90 valence electrons. The second kappa shape index (κ2) is 5.92. The summed E-state index contributed by atoms with van der Waals surface area (Å²) in [6.45, 7) is 4.54. The van der Waals surface area contributed by atoms with Crippen LogP contribution in [0.15, 0.2) is 18.2 Å². The zero-order chi connectivity index (χ0) is 12.1. The minimum Gasteiger partial charge on any atom is -0.394 e. The Morgan fingerprint density at radius 3 is 2.19 bits per heavy atom. The van der Waals surface area contributed by atoms with E-state index < -0.39 is 17.7 Å². The van der Waals surface area contributed by atoms with Crippen molar-refractivity contribution < 1.29 is 13.9 Å². The van der Waals surface area contributed by atoms with Crippen molar-refractivity contribution in [3.63, 3.8) is 0 Å². The average molecular weight is 229 g/mol. The van der Waals surface area contributed by atoms with Gasteiger partial charge in [-0.05, 0) is 30.2 Å². The van der Waals surface area contributed by atoms with Crippen molar-refractivity contribution in [1.29, 1.82) is 0 Å². The van der Waals surface area contributed by atoms with Crippen LogP contribution in [-0.4, -0.2) is 18.3 Å². The Morgan fingerprint density at radius 1 is 1.19 bits per heavy atom. The second-order valence-corrected chi connectivity index (χ2v) is 4.24. The van der Waals surface area contributed by atoms with Gasteiger partial charge >= 0.3 is 0 Å². The predicted molar refractivity (Wildman–Crippen MR) is 59.0 cm³/mol. The summed E-state index contributed by atoms with van der Waals surface area (Å²) < 4.78 is 25.9. The maximum absolute atomic E-state index is 13.0. The molecule has 1 rings (SSSR count). The fourth-order valence-corrected chi connectivity index (χ4v) is 1.44. The van der Waals surface area contributed by atoms with E-state index in [1.54, 1.807) is 0 Å². The number of hydrogen-bond donors (Lipinski definition) is 2. The van der Waals surface area contributed by atoms with Gasteiger partial charge in [-0.15, -0.1) is 0 Å². The molecule has 1 atom stereocenters. The van der Waals surface area contributed by atoms with E-state index in [2.05, 4.69) is 5.32 Å². The molecule has 1 aromatic rings. The molecular weight excluding hydrogens is 212 g/mol. The van der Waals surface area contributed by atoms with Crippen LogP contribution in [0.1, 0.15) is 25.5 Å². The smallest absolute Gasteiger partial charge is 0.126 e. The quantitative estimate of drug-likeness (QED) is 0.811. The van der Waals surface area contributed by atoms with Crippen LogP contribution in [0.25, 0.3) is 0 Å². The number of nitrogens with one attached hydrogen (secondary N) is 1. The summed E-state index contributed by atoms with van der Waals surface area (Å²) in [6.07, 6.45) is 0. The number of aliphatic hydroxyl groups excluding tert-OH is 1. The van der Waals surface area contributed by atoms with E-state index in [0.29, 0.717) is 18.0 Å². The summed E-state index contributed by atoms with van der Waals surface area (Å²) in [4.78, 5) is 0. The lowest BCUT2D eigenvalue weighted by Crippen LogP contribution is -2.28. The standard InChI is InChI=1S/C12H17F2NO/c1-8(2)6-15-12(7-16)9-3-10(13)5-11(14)4-9/h3-5,8,12,15-16H,6-7H2,1-2H3. The molecule has 0 heterocycles. The Hall–Kier alpha value is -1.00. The van der Waals surface area contributed by atoms with Gasteiger partial charge in [-0.3, -0.25) is 0 Å². The number of rotatable bonds is 5. The summed E-state index contributed by atoms with van der Waals surface area (Å²) in [6, 6.07) is 2.86. The van der Waals surface area contributed by atoms with Crippen LogP contribution < -0.4 is 5.32 Å². The number of aliphatic hydroxyl groups is 1. The second-order valence-electron chi connectivity index (χ2n) is 4.24. The van der Waals surface area contributed by atoms with Gasteiger partial charge in [0, 0.05) is 6.07 Å². The molecule has 0 saturated heterocycles. The van der Waals surface area contributed by atoms with Gasteiger partial charge in [0.05, 0.1) is 12.6 Å². The summed E-state index contributed by atoms with van der Waals surface area (Å²) >= 11 is 0. The molecule has 0 bridgehead atoms. The van der Waals surface area contributed by atoms with Crippen LogP contribution in [-0.2, 0) is 0 Å². The number of benzene rings is 1. The average Bonchev–Trinajstić information content (AvgIpc) is 2.16. The van der Waals surface area contributed by atoms with Crippen LogP contribution in [0.2, 0.25) is 0 Å². The van der Waals surface area contributed by atoms with Gasteiger partial charge in [0.15, 0.2) is 0 Å². The molecule has 2 nitrogen and oxygen atoms in total. The zero-order valence-corrected chi connectivity index (χ0v) is 9.50. The van der Waals surface area contributed by atoms with E-state index in [1.807, 2.05) is 13.8 Å². The third-order valence-electron chi connectivity index (χ3n) is 2.24. The monoisotopic (exact) mass is 229 g/mol. The third kappa shape index (κ3) is 3.87. The first-order valence-corrected chi connectivity index (χ1v) is 5.33. The van der Waals surface area contributed by atoms with Crippen molar-refractivity contribution in [2.45, 2.75) is 19.9 Å². The SMILES string of the molecule is CC(C)CNC(CO)c1cc(F)cc(F)c1. The predicted octanol–water partition coefficient (Wildman–Crippen LogP) is 2.24. The molecule has 0 aliphatic carbocycles. The highest BCUT2D eigenvalue weighted by molar-refractivity contribution is 5.21. The Labute approximate surface area is 94.3 Å². The molecule has 1 aromatic carbocycles. The molecule has 2 N–H and O–H groups in total. The van der Waals surface area contributed by atoms with E-state index in [1.165, 1.54) is 12.1 Å². The topological polar surface area (TPSA) is 32.3 Å². The maximum atomic E-state index is 13.0. The lowest BCUT2D eigenvalue weighted by Gasteiger charge is -2.18. The van der Waals surface area contributed by atoms with E-state index in [4.69, 9.17) is 5.11 Å². The molecule has 16 heavy (non-hydrogen) atoms. The van der Waals surface area contributed by atoms with E-state index in [9.17, 15) is 8.78 Å². The fraction of sp³-hybridized carbons (Fsp3) is 0.500. The maximum Gasteiger partial charge on any atom is 0.126 e. The first-order valence-electron chi connectivity index (χ1n) is 5.33. The Bertz CT molecular complexity index is 322. The largest absolute Gasteiger partial charge is 0.394 e. The van der Waals surface area contributed by atoms with Crippen LogP contribution in [0, 0.1) is 17.6 Å². The molecule has 0 amide bonds. The minimum absolute atomic E-state index is 0.185. The van der Waals surface area contributed by atoms with Crippen molar-refractivity contribution in [3.05, 3.63) is 35.4 Å². The normalized spacial score (nSPS) is 13.1. The third-order valence-corrected chi connectivity index (χ3v) is 2.24. The van der Waals surface area contributed by atoms with Crippen molar-refractivity contribution in [3.8, 4) is 0 Å². The Morgan fingerprint density at radius 2 is 1.75 bits per heavy atom. The van der Waals surface area contributed by atoms with Crippen molar-refractivity contribution >= 4 is 0 Å². The molecule has 0 aliphatic heterocycles. The molecule has 4 heteroatoms. The van der Waals surface area contributed by atoms with Gasteiger partial charge in [-0.25, -0.2) is 8.78 Å². The van der Waals surface area contributed by atoms with E-state index in [0.717, 1.165) is 6.07 Å². The van der Waals surface area contributed by atoms with Gasteiger partial charge < -0.3 is 10.4 Å². The number of hydrogen-bond acceptors (Lipinski definition) is 2. The summed E-state index contributed by atoms with van der Waals surface area (Å²) in [5, 5.41) is 12.2. The minimum atomic E-state index is -0.625. The van der Waals surface area contributed by atoms with Gasteiger partial charge in [-0.2, -0.15) is 0 Å². The Kier molecular flexibility index (Phi) is 4.83. The molecule has 0 spiro atoms. The van der Waals surface area contributed by atoms with Crippen LogP contribution >= 0.6 is 0 Å². The fourth-order valence-electron chi connectivity index (χ4n) is 1.44. The highest BCUT2D eigenvalue weighted by Gasteiger charge is 2.12. The first kappa shape index (κ1) is 13.1. The first-order chi connectivity index (χ1) is 7.52. The lowest BCUT2D eigenvalue weighted by atomic mass is 10.1. The molecular formula is C12H17F2NO. The van der Waals surface area contributed by atoms with Crippen molar-refractivity contribution in [2.75, 3.05) is 13.2 Å². The van der Waals surface area contributed by atoms with Gasteiger partial charge in [0.1, 0.15) is 11.6 Å². The molecule has 0 aromatic heterocycles. The molecule has 0 aliphatic rings. The van der Waals surface area contributed by atoms with Crippen molar-refractivity contribution in [2.24, 2.45) is 5.92 Å². The van der Waals surface area contributed by atoms with E-state index in [-0.39, 0.29) is 6.61 Å². The van der Waals surface area contributed by atoms with Gasteiger partial charge in [0.2, 0.25) is 0 Å². The highest BCUT2D eigenvalue weighted by Crippen LogP contribution is 2.16. The molecule has 0 fully saturated rings. The zero-order valence-electron chi connectivity index (χ0n) is 9.50. The molecule has 0 radical (unpaired) electrons. The van der Waals surface area contributed by atoms with Crippen molar-refractivity contribution in [1.82, 2.24) is 5.32 Å². The Balaban J connectivity index is 2.78. The summed E-state index contributed by atoms with van der Waals surface area (Å²) in [5.41, 5.74) is 0.431. The van der Waals surface area contributed by atoms with Gasteiger partial charge in [-0.1, -0.05) is 13.8 Å². The summed E-state index contributed by atoms with van der Waals surface area (Å²) in [5.74, 6) is -0.841.